The van der Waals surface area contributed by atoms with E-state index < -0.39 is 17.7 Å². The maximum absolute atomic E-state index is 13.2. The zero-order chi connectivity index (χ0) is 23.2. The number of hydrogen-bond donors (Lipinski definition) is 1. The van der Waals surface area contributed by atoms with Gasteiger partial charge in [0, 0.05) is 21.2 Å². The summed E-state index contributed by atoms with van der Waals surface area (Å²) in [5, 5.41) is 13.8. The molecule has 3 aromatic rings. The number of amides is 1. The fraction of sp³-hybridized carbons (Fsp3) is 0.130. The number of anilines is 1. The van der Waals surface area contributed by atoms with Crippen molar-refractivity contribution < 1.29 is 19.4 Å². The summed E-state index contributed by atoms with van der Waals surface area (Å²) in [6.45, 7) is 1.82. The Morgan fingerprint density at radius 3 is 2.38 bits per heavy atom. The normalized spacial score (nSPS) is 17.8. The van der Waals surface area contributed by atoms with Crippen LogP contribution in [0, 0.1) is 6.92 Å². The summed E-state index contributed by atoms with van der Waals surface area (Å²) in [6, 6.07) is 10.7. The summed E-state index contributed by atoms with van der Waals surface area (Å²) in [5.74, 6) is -1.71. The molecule has 1 aliphatic rings. The molecule has 32 heavy (non-hydrogen) atoms. The Morgan fingerprint density at radius 1 is 1.09 bits per heavy atom. The molecule has 1 N–H and O–H groups in total. The molecule has 0 radical (unpaired) electrons. The fourth-order valence-corrected chi connectivity index (χ4v) is 5.32. The number of methoxy groups -OCH3 is 1. The monoisotopic (exact) mass is 507 g/mol. The van der Waals surface area contributed by atoms with Crippen molar-refractivity contribution in [2.75, 3.05) is 12.0 Å². The average molecular weight is 509 g/mol. The van der Waals surface area contributed by atoms with Gasteiger partial charge in [0.05, 0.1) is 22.7 Å². The lowest BCUT2D eigenvalue weighted by molar-refractivity contribution is -0.132. The maximum Gasteiger partial charge on any atom is 0.300 e. The lowest BCUT2D eigenvalue weighted by Crippen LogP contribution is -2.29. The van der Waals surface area contributed by atoms with E-state index in [-0.39, 0.29) is 32.7 Å². The zero-order valence-corrected chi connectivity index (χ0v) is 19.9. The van der Waals surface area contributed by atoms with Crippen LogP contribution in [0.3, 0.4) is 0 Å². The second-order valence-corrected chi connectivity index (χ2v) is 9.32. The largest absolute Gasteiger partial charge is 0.507 e. The lowest BCUT2D eigenvalue weighted by Gasteiger charge is -2.26. The van der Waals surface area contributed by atoms with Gasteiger partial charge in [-0.25, -0.2) is 0 Å². The first-order valence-corrected chi connectivity index (χ1v) is 11.4. The molecule has 1 atom stereocenters. The predicted molar refractivity (Wildman–Crippen MR) is 128 cm³/mol. The summed E-state index contributed by atoms with van der Waals surface area (Å²) in [4.78, 5) is 28.4. The van der Waals surface area contributed by atoms with Crippen LogP contribution in [0.4, 0.5) is 5.69 Å². The van der Waals surface area contributed by atoms with E-state index in [1.54, 1.807) is 24.3 Å². The molecule has 1 fully saturated rings. The van der Waals surface area contributed by atoms with Crippen LogP contribution in [0.1, 0.15) is 22.0 Å². The molecule has 4 rings (SSSR count). The quantitative estimate of drug-likeness (QED) is 0.243. The van der Waals surface area contributed by atoms with Crippen molar-refractivity contribution in [1.82, 2.24) is 0 Å². The van der Waals surface area contributed by atoms with Gasteiger partial charge in [0.2, 0.25) is 0 Å². The molecular formula is C23H16Cl3NO4S. The van der Waals surface area contributed by atoms with Crippen LogP contribution in [-0.2, 0) is 9.59 Å². The third kappa shape index (κ3) is 3.77. The zero-order valence-electron chi connectivity index (χ0n) is 16.9. The second kappa shape index (κ2) is 8.79. The molecule has 5 nitrogen and oxygen atoms in total. The summed E-state index contributed by atoms with van der Waals surface area (Å²) in [6.07, 6.45) is 0. The number of nitrogens with zero attached hydrogens (tertiary/aromatic N) is 1. The number of thiophene rings is 1. The number of aliphatic hydroxyl groups is 1. The van der Waals surface area contributed by atoms with E-state index >= 15 is 0 Å². The number of ketones is 1. The Balaban J connectivity index is 1.96. The van der Waals surface area contributed by atoms with Gasteiger partial charge in [-0.05, 0) is 48.2 Å². The van der Waals surface area contributed by atoms with Crippen molar-refractivity contribution in [3.63, 3.8) is 0 Å². The number of carbonyl (C=O) groups excluding carboxylic acids is 2. The van der Waals surface area contributed by atoms with Gasteiger partial charge in [0.1, 0.15) is 11.8 Å². The van der Waals surface area contributed by atoms with E-state index in [0.29, 0.717) is 15.6 Å². The molecule has 0 bridgehead atoms. The van der Waals surface area contributed by atoms with E-state index in [9.17, 15) is 14.7 Å². The molecule has 9 heteroatoms. The van der Waals surface area contributed by atoms with Gasteiger partial charge in [-0.15, -0.1) is 11.3 Å². The van der Waals surface area contributed by atoms with Crippen molar-refractivity contribution in [3.05, 3.63) is 84.5 Å². The second-order valence-electron chi connectivity index (χ2n) is 7.09. The average Bonchev–Trinajstić information content (AvgIpc) is 3.36. The smallest absolute Gasteiger partial charge is 0.300 e. The van der Waals surface area contributed by atoms with Crippen molar-refractivity contribution in [1.29, 1.82) is 0 Å². The molecule has 1 amide bonds. The number of carbonyl (C=O) groups is 2. The Labute approximate surface area is 203 Å². The highest BCUT2D eigenvalue weighted by atomic mass is 35.5. The van der Waals surface area contributed by atoms with Gasteiger partial charge >= 0.3 is 0 Å². The highest BCUT2D eigenvalue weighted by molar-refractivity contribution is 7.10. The van der Waals surface area contributed by atoms with Crippen LogP contribution in [0.15, 0.2) is 53.4 Å². The van der Waals surface area contributed by atoms with Crippen molar-refractivity contribution >= 4 is 69.3 Å². The van der Waals surface area contributed by atoms with Crippen LogP contribution in [0.2, 0.25) is 15.1 Å². The molecule has 1 aromatic heterocycles. The minimum Gasteiger partial charge on any atom is -0.507 e. The van der Waals surface area contributed by atoms with Crippen molar-refractivity contribution in [3.8, 4) is 5.75 Å². The first kappa shape index (κ1) is 22.7. The molecular weight excluding hydrogens is 493 g/mol. The molecule has 0 aliphatic carbocycles. The number of aliphatic hydroxyl groups excluding tert-OH is 1. The number of ether oxygens (including phenoxy) is 1. The highest BCUT2D eigenvalue weighted by Crippen LogP contribution is 2.46. The van der Waals surface area contributed by atoms with Crippen molar-refractivity contribution in [2.45, 2.75) is 13.0 Å². The molecule has 0 spiro atoms. The molecule has 0 saturated carbocycles. The maximum atomic E-state index is 13.2. The summed E-state index contributed by atoms with van der Waals surface area (Å²) in [7, 11) is 1.42. The number of benzene rings is 2. The van der Waals surface area contributed by atoms with Gasteiger partial charge in [-0.2, -0.15) is 0 Å². The third-order valence-corrected chi connectivity index (χ3v) is 6.88. The Hall–Kier alpha value is -2.51. The van der Waals surface area contributed by atoms with Crippen molar-refractivity contribution in [2.24, 2.45) is 0 Å². The minimum atomic E-state index is -0.841. The van der Waals surface area contributed by atoms with Gasteiger partial charge in [-0.1, -0.05) is 46.9 Å². The predicted octanol–water partition coefficient (Wildman–Crippen LogP) is 6.65. The van der Waals surface area contributed by atoms with E-state index in [1.807, 2.05) is 18.4 Å². The van der Waals surface area contributed by atoms with Gasteiger partial charge in [0.15, 0.2) is 5.75 Å². The Morgan fingerprint density at radius 2 is 1.78 bits per heavy atom. The van der Waals surface area contributed by atoms with Gasteiger partial charge in [-0.3, -0.25) is 14.5 Å². The third-order valence-electron chi connectivity index (χ3n) is 5.16. The van der Waals surface area contributed by atoms with Crippen LogP contribution in [0.5, 0.6) is 5.75 Å². The topological polar surface area (TPSA) is 66.8 Å². The molecule has 1 aliphatic heterocycles. The van der Waals surface area contributed by atoms with Crippen LogP contribution in [-0.4, -0.2) is 23.9 Å². The van der Waals surface area contributed by atoms with Crippen LogP contribution >= 0.6 is 46.1 Å². The fourth-order valence-electron chi connectivity index (χ4n) is 3.69. The number of halogens is 3. The number of hydrogen-bond acceptors (Lipinski definition) is 5. The molecule has 1 saturated heterocycles. The van der Waals surface area contributed by atoms with E-state index in [4.69, 9.17) is 39.5 Å². The first-order chi connectivity index (χ1) is 15.2. The number of Topliss-reactive ketones (excluding diaryl/α,β-unsaturated/α-hetero) is 1. The Kier molecular flexibility index (Phi) is 6.23. The van der Waals surface area contributed by atoms with E-state index in [2.05, 4.69) is 0 Å². The SMILES string of the molecule is COc1c(Cl)cc(/C(O)=C2/C(=O)C(=O)N(c3cc(Cl)ccc3C)C2c2cccs2)cc1Cl. The van der Waals surface area contributed by atoms with E-state index in [0.717, 1.165) is 5.56 Å². The minimum absolute atomic E-state index is 0.0610. The van der Waals surface area contributed by atoms with E-state index in [1.165, 1.54) is 35.5 Å². The highest BCUT2D eigenvalue weighted by Gasteiger charge is 2.47. The molecule has 164 valence electrons. The van der Waals surface area contributed by atoms with Gasteiger partial charge < -0.3 is 9.84 Å². The summed E-state index contributed by atoms with van der Waals surface area (Å²) >= 11 is 20.0. The van der Waals surface area contributed by atoms with Crippen LogP contribution in [0.25, 0.3) is 5.76 Å². The Bertz CT molecular complexity index is 1250. The molecule has 2 aromatic carbocycles. The molecule has 1 unspecified atom stereocenters. The summed E-state index contributed by atoms with van der Waals surface area (Å²) < 4.78 is 5.15. The van der Waals surface area contributed by atoms with Crippen LogP contribution < -0.4 is 9.64 Å². The molecule has 2 heterocycles. The lowest BCUT2D eigenvalue weighted by atomic mass is 9.99. The number of aryl methyl sites for hydroxylation is 1. The standard InChI is InChI=1S/C23H16Cl3NO4S/c1-11-5-6-13(24)10-16(11)27-19(17-4-3-7-32-17)18(21(29)23(27)30)20(28)12-8-14(25)22(31-2)15(26)9-12/h3-10,19,28H,1-2H3/b20-18-. The first-order valence-electron chi connectivity index (χ1n) is 9.38. The number of rotatable bonds is 4. The van der Waals surface area contributed by atoms with Gasteiger partial charge in [0.25, 0.3) is 11.7 Å². The summed E-state index contributed by atoms with van der Waals surface area (Å²) in [5.41, 5.74) is 1.38.